The van der Waals surface area contributed by atoms with Crippen molar-refractivity contribution in [1.29, 1.82) is 0 Å². The average molecular weight is 640 g/mol. The number of hydrogen-bond donors (Lipinski definition) is 6. The highest BCUT2D eigenvalue weighted by Crippen LogP contribution is 2.34. The van der Waals surface area contributed by atoms with E-state index < -0.39 is 42.9 Å². The van der Waals surface area contributed by atoms with Gasteiger partial charge in [0.25, 0.3) is 0 Å². The van der Waals surface area contributed by atoms with Crippen LogP contribution in [-0.2, 0) is 33.6 Å². The Balaban J connectivity index is 1.12. The van der Waals surface area contributed by atoms with Gasteiger partial charge in [-0.15, -0.1) is 0 Å². The van der Waals surface area contributed by atoms with Gasteiger partial charge in [0.1, 0.15) is 41.3 Å². The van der Waals surface area contributed by atoms with Gasteiger partial charge >= 0.3 is 0 Å². The Bertz CT molecular complexity index is 1470. The molecule has 5 rings (SSSR count). The molecule has 2 saturated heterocycles. The lowest BCUT2D eigenvalue weighted by Crippen LogP contribution is -2.60. The van der Waals surface area contributed by atoms with Crippen LogP contribution < -0.4 is 15.4 Å². The summed E-state index contributed by atoms with van der Waals surface area (Å²) in [5, 5.41) is 47.0. The van der Waals surface area contributed by atoms with Crippen molar-refractivity contribution in [3.8, 4) is 5.75 Å². The van der Waals surface area contributed by atoms with Crippen LogP contribution >= 0.6 is 0 Å². The first-order valence-corrected chi connectivity index (χ1v) is 15.9. The normalized spacial score (nSPS) is 23.8. The molecule has 2 aliphatic rings. The number of aliphatic hydroxyl groups excluding tert-OH is 4. The van der Waals surface area contributed by atoms with Gasteiger partial charge in [-0.25, -0.2) is 0 Å². The molecule has 0 bridgehead atoms. The molecule has 3 heterocycles. The van der Waals surface area contributed by atoms with Crippen LogP contribution in [0, 0.1) is 0 Å². The Morgan fingerprint density at radius 3 is 2.37 bits per heavy atom. The van der Waals surface area contributed by atoms with E-state index in [1.165, 1.54) is 0 Å². The van der Waals surface area contributed by atoms with Gasteiger partial charge in [0, 0.05) is 38.2 Å². The van der Waals surface area contributed by atoms with Crippen LogP contribution in [-0.4, -0.2) is 106 Å². The van der Waals surface area contributed by atoms with E-state index in [2.05, 4.69) is 34.9 Å². The van der Waals surface area contributed by atoms with Crippen LogP contribution in [0.3, 0.4) is 0 Å². The summed E-state index contributed by atoms with van der Waals surface area (Å²) >= 11 is 0. The fourth-order valence-electron chi connectivity index (χ4n) is 6.02. The van der Waals surface area contributed by atoms with Crippen molar-refractivity contribution in [2.45, 2.75) is 82.2 Å². The lowest BCUT2D eigenvalue weighted by atomic mass is 9.99. The van der Waals surface area contributed by atoms with Crippen molar-refractivity contribution in [1.82, 2.24) is 15.5 Å². The quantitative estimate of drug-likeness (QED) is 0.168. The van der Waals surface area contributed by atoms with Crippen LogP contribution in [0.25, 0.3) is 11.0 Å². The summed E-state index contributed by atoms with van der Waals surface area (Å²) in [6, 6.07) is 13.5. The number of aryl methyl sites for hydroxylation is 3. The predicted molar refractivity (Wildman–Crippen MR) is 169 cm³/mol. The summed E-state index contributed by atoms with van der Waals surface area (Å²) in [6.45, 7) is 5.79. The standard InChI is InChI=1S/C34H45N3O9/c1-34(2,33(43)37-17-15-35-16-18-37)36-27(39)8-3-5-21-9-11-22(12-10-21)13-14-23-20-44-24-6-4-7-25(28(23)24)45-32-31(42)30(41)29(40)26(19-38)46-32/h4,6-7,9-12,20,26,29-32,35,38,40-42H,3,5,8,13-19H2,1-2H3,(H,36,39)/t26-,29-,30+,31-,32-/m1/s1. The zero-order chi connectivity index (χ0) is 32.8. The number of rotatable bonds is 12. The van der Waals surface area contributed by atoms with Crippen LogP contribution in [0.1, 0.15) is 43.4 Å². The molecule has 5 atom stereocenters. The van der Waals surface area contributed by atoms with E-state index in [0.29, 0.717) is 49.1 Å². The van der Waals surface area contributed by atoms with E-state index in [1.54, 1.807) is 43.2 Å². The lowest BCUT2D eigenvalue weighted by Gasteiger charge is -2.39. The molecule has 12 heteroatoms. The second kappa shape index (κ2) is 14.9. The van der Waals surface area contributed by atoms with Crippen molar-refractivity contribution in [3.63, 3.8) is 0 Å². The molecule has 2 amide bonds. The number of amides is 2. The molecule has 3 aromatic rings. The Morgan fingerprint density at radius 1 is 0.978 bits per heavy atom. The van der Waals surface area contributed by atoms with E-state index in [-0.39, 0.29) is 11.8 Å². The first-order chi connectivity index (χ1) is 22.1. The Morgan fingerprint density at radius 2 is 1.67 bits per heavy atom. The predicted octanol–water partition coefficient (Wildman–Crippen LogP) is 1.05. The van der Waals surface area contributed by atoms with Gasteiger partial charge in [0.2, 0.25) is 18.1 Å². The minimum atomic E-state index is -1.54. The molecule has 250 valence electrons. The van der Waals surface area contributed by atoms with Gasteiger partial charge in [0.15, 0.2) is 0 Å². The third-order valence-corrected chi connectivity index (χ3v) is 8.69. The number of furan rings is 1. The average Bonchev–Trinajstić information content (AvgIpc) is 3.48. The molecule has 0 spiro atoms. The number of benzene rings is 2. The molecule has 0 saturated carbocycles. The maximum Gasteiger partial charge on any atom is 0.247 e. The maximum atomic E-state index is 12.9. The number of carbonyl (C=O) groups is 2. The van der Waals surface area contributed by atoms with Gasteiger partial charge in [-0.2, -0.15) is 0 Å². The molecule has 1 aromatic heterocycles. The molecule has 46 heavy (non-hydrogen) atoms. The molecular weight excluding hydrogens is 594 g/mol. The monoisotopic (exact) mass is 639 g/mol. The first-order valence-electron chi connectivity index (χ1n) is 15.9. The largest absolute Gasteiger partial charge is 0.464 e. The second-order valence-corrected chi connectivity index (χ2v) is 12.6. The summed E-state index contributed by atoms with van der Waals surface area (Å²) in [5.74, 6) is 0.202. The Kier molecular flexibility index (Phi) is 11.0. The summed E-state index contributed by atoms with van der Waals surface area (Å²) < 4.78 is 17.2. The van der Waals surface area contributed by atoms with E-state index in [9.17, 15) is 30.0 Å². The summed E-state index contributed by atoms with van der Waals surface area (Å²) in [7, 11) is 0. The lowest BCUT2D eigenvalue weighted by molar-refractivity contribution is -0.277. The Hall–Kier alpha value is -3.52. The van der Waals surface area contributed by atoms with Crippen LogP contribution in [0.15, 0.2) is 53.1 Å². The number of piperazine rings is 1. The van der Waals surface area contributed by atoms with Crippen molar-refractivity contribution in [3.05, 3.63) is 65.4 Å². The maximum absolute atomic E-state index is 12.9. The number of nitrogens with zero attached hydrogens (tertiary/aromatic N) is 1. The zero-order valence-electron chi connectivity index (χ0n) is 26.4. The molecule has 2 fully saturated rings. The van der Waals surface area contributed by atoms with Gasteiger partial charge in [-0.05, 0) is 62.8 Å². The van der Waals surface area contributed by atoms with Crippen molar-refractivity contribution >= 4 is 22.8 Å². The molecule has 0 unspecified atom stereocenters. The number of hydrogen-bond acceptors (Lipinski definition) is 10. The third kappa shape index (κ3) is 7.88. The van der Waals surface area contributed by atoms with Gasteiger partial charge < -0.3 is 49.9 Å². The molecule has 12 nitrogen and oxygen atoms in total. The molecule has 2 aliphatic heterocycles. The van der Waals surface area contributed by atoms with Crippen molar-refractivity contribution < 1.29 is 43.9 Å². The van der Waals surface area contributed by atoms with Crippen molar-refractivity contribution in [2.75, 3.05) is 32.8 Å². The van der Waals surface area contributed by atoms with E-state index in [4.69, 9.17) is 13.9 Å². The topological polar surface area (TPSA) is 174 Å². The minimum absolute atomic E-state index is 0.0566. The van der Waals surface area contributed by atoms with Gasteiger partial charge in [0.05, 0.1) is 18.3 Å². The molecule has 0 aliphatic carbocycles. The van der Waals surface area contributed by atoms with E-state index in [1.807, 2.05) is 0 Å². The molecule has 2 aromatic carbocycles. The van der Waals surface area contributed by atoms with Crippen LogP contribution in [0.2, 0.25) is 0 Å². The second-order valence-electron chi connectivity index (χ2n) is 12.6. The first kappa shape index (κ1) is 33.8. The van der Waals surface area contributed by atoms with E-state index >= 15 is 0 Å². The number of aliphatic hydroxyl groups is 4. The van der Waals surface area contributed by atoms with Crippen molar-refractivity contribution in [2.24, 2.45) is 0 Å². The number of fused-ring (bicyclic) bond motifs is 1. The SMILES string of the molecule is CC(C)(NC(=O)CCCc1ccc(CCc2coc3cccc(O[C@@H]4O[C@H](CO)[C@@H](O)[C@H](O)[C@H]4O)c23)cc1)C(=O)N1CCNCC1. The number of nitrogens with one attached hydrogen (secondary N) is 2. The highest BCUT2D eigenvalue weighted by Gasteiger charge is 2.45. The minimum Gasteiger partial charge on any atom is -0.464 e. The zero-order valence-corrected chi connectivity index (χ0v) is 26.4. The summed E-state index contributed by atoms with van der Waals surface area (Å²) in [5.41, 5.74) is 2.79. The van der Waals surface area contributed by atoms with Crippen LogP contribution in [0.4, 0.5) is 0 Å². The van der Waals surface area contributed by atoms with Gasteiger partial charge in [-0.1, -0.05) is 30.3 Å². The van der Waals surface area contributed by atoms with Gasteiger partial charge in [-0.3, -0.25) is 9.59 Å². The molecule has 6 N–H and O–H groups in total. The van der Waals surface area contributed by atoms with E-state index in [0.717, 1.165) is 42.6 Å². The third-order valence-electron chi connectivity index (χ3n) is 8.69. The Labute approximate surface area is 268 Å². The fraction of sp³-hybridized carbons (Fsp3) is 0.529. The number of ether oxygens (including phenoxy) is 2. The summed E-state index contributed by atoms with van der Waals surface area (Å²) in [6.07, 6.45) is -2.12. The summed E-state index contributed by atoms with van der Waals surface area (Å²) in [4.78, 5) is 27.3. The molecule has 0 radical (unpaired) electrons. The highest BCUT2D eigenvalue weighted by atomic mass is 16.7. The molecular formula is C34H45N3O9. The smallest absolute Gasteiger partial charge is 0.247 e. The van der Waals surface area contributed by atoms with Crippen LogP contribution in [0.5, 0.6) is 5.75 Å². The highest BCUT2D eigenvalue weighted by molar-refractivity contribution is 5.91. The fourth-order valence-corrected chi connectivity index (χ4v) is 6.02. The number of carbonyl (C=O) groups excluding carboxylic acids is 2.